The van der Waals surface area contributed by atoms with Crippen molar-refractivity contribution in [3.63, 3.8) is 0 Å². The highest BCUT2D eigenvalue weighted by Gasteiger charge is 2.17. The highest BCUT2D eigenvalue weighted by molar-refractivity contribution is 7.81. The van der Waals surface area contributed by atoms with Crippen LogP contribution in [-0.2, 0) is 4.79 Å². The molecule has 0 saturated heterocycles. The molecule has 0 bridgehead atoms. The van der Waals surface area contributed by atoms with Gasteiger partial charge in [0.05, 0.1) is 5.25 Å². The monoisotopic (exact) mass is 285 g/mol. The predicted octanol–water partition coefficient (Wildman–Crippen LogP) is 4.25. The van der Waals surface area contributed by atoms with Crippen molar-refractivity contribution in [2.45, 2.75) is 19.1 Å². The van der Waals surface area contributed by atoms with Crippen molar-refractivity contribution in [3.05, 3.63) is 54.6 Å². The molecule has 0 radical (unpaired) electrons. The summed E-state index contributed by atoms with van der Waals surface area (Å²) in [7, 11) is 0. The second-order valence-electron chi connectivity index (χ2n) is 5.12. The van der Waals surface area contributed by atoms with Crippen molar-refractivity contribution in [3.8, 4) is 11.1 Å². The topological polar surface area (TPSA) is 29.1 Å². The zero-order valence-electron chi connectivity index (χ0n) is 11.7. The van der Waals surface area contributed by atoms with E-state index in [0.29, 0.717) is 0 Å². The van der Waals surface area contributed by atoms with E-state index in [0.717, 1.165) is 11.3 Å². The molecule has 1 N–H and O–H groups in total. The van der Waals surface area contributed by atoms with Crippen LogP contribution < -0.4 is 5.32 Å². The molecule has 0 heterocycles. The Morgan fingerprint density at radius 2 is 1.50 bits per heavy atom. The molecule has 2 aromatic rings. The van der Waals surface area contributed by atoms with Crippen LogP contribution in [0.3, 0.4) is 0 Å². The lowest BCUT2D eigenvalue weighted by Crippen LogP contribution is -2.27. The van der Waals surface area contributed by atoms with Gasteiger partial charge in [0.2, 0.25) is 5.91 Å². The van der Waals surface area contributed by atoms with Gasteiger partial charge < -0.3 is 5.32 Å². The van der Waals surface area contributed by atoms with Crippen molar-refractivity contribution >= 4 is 24.2 Å². The molecule has 104 valence electrons. The summed E-state index contributed by atoms with van der Waals surface area (Å²) >= 11 is 4.32. The molecular weight excluding hydrogens is 266 g/mol. The molecule has 3 heteroatoms. The van der Waals surface area contributed by atoms with Gasteiger partial charge in [0, 0.05) is 5.69 Å². The largest absolute Gasteiger partial charge is 0.325 e. The molecule has 2 rings (SSSR count). The molecule has 2 aromatic carbocycles. The number of carbonyl (C=O) groups is 1. The summed E-state index contributed by atoms with van der Waals surface area (Å²) in [5.74, 6) is 0.151. The number of amides is 1. The van der Waals surface area contributed by atoms with Gasteiger partial charge in [0.1, 0.15) is 0 Å². The summed E-state index contributed by atoms with van der Waals surface area (Å²) in [4.78, 5) is 11.9. The van der Waals surface area contributed by atoms with Gasteiger partial charge in [0.15, 0.2) is 0 Å². The Morgan fingerprint density at radius 3 is 2.05 bits per heavy atom. The number of thiol groups is 1. The molecule has 0 aliphatic heterocycles. The van der Waals surface area contributed by atoms with Gasteiger partial charge in [-0.25, -0.2) is 0 Å². The fourth-order valence-electron chi connectivity index (χ4n) is 1.90. The van der Waals surface area contributed by atoms with Crippen LogP contribution in [0.5, 0.6) is 0 Å². The summed E-state index contributed by atoms with van der Waals surface area (Å²) < 4.78 is 0. The Hall–Kier alpha value is -1.74. The Kier molecular flexibility index (Phi) is 4.85. The number of anilines is 1. The zero-order valence-corrected chi connectivity index (χ0v) is 12.6. The Labute approximate surface area is 125 Å². The number of hydrogen-bond donors (Lipinski definition) is 2. The van der Waals surface area contributed by atoms with E-state index < -0.39 is 0 Å². The Balaban J connectivity index is 2.08. The highest BCUT2D eigenvalue weighted by Crippen LogP contribution is 2.21. The van der Waals surface area contributed by atoms with Crippen LogP contribution in [0.4, 0.5) is 5.69 Å². The van der Waals surface area contributed by atoms with Crippen LogP contribution in [0.15, 0.2) is 54.6 Å². The normalized spacial score (nSPS) is 12.2. The Bertz CT molecular complexity index is 563. The van der Waals surface area contributed by atoms with Crippen LogP contribution >= 0.6 is 12.6 Å². The van der Waals surface area contributed by atoms with E-state index >= 15 is 0 Å². The number of carbonyl (C=O) groups excluding carboxylic acids is 1. The minimum Gasteiger partial charge on any atom is -0.325 e. The van der Waals surface area contributed by atoms with Crippen LogP contribution in [0, 0.1) is 5.92 Å². The first-order chi connectivity index (χ1) is 9.58. The zero-order chi connectivity index (χ0) is 14.5. The van der Waals surface area contributed by atoms with Crippen molar-refractivity contribution in [2.75, 3.05) is 5.32 Å². The van der Waals surface area contributed by atoms with Crippen molar-refractivity contribution in [1.29, 1.82) is 0 Å². The van der Waals surface area contributed by atoms with E-state index in [-0.39, 0.29) is 17.1 Å². The summed E-state index contributed by atoms with van der Waals surface area (Å²) in [5, 5.41) is 2.60. The fraction of sp³-hybridized carbons (Fsp3) is 0.235. The van der Waals surface area contributed by atoms with E-state index in [1.165, 1.54) is 5.56 Å². The molecule has 1 unspecified atom stereocenters. The maximum atomic E-state index is 11.9. The smallest absolute Gasteiger partial charge is 0.237 e. The first-order valence-electron chi connectivity index (χ1n) is 6.72. The quantitative estimate of drug-likeness (QED) is 0.808. The fourth-order valence-corrected chi connectivity index (χ4v) is 1.96. The molecule has 0 aromatic heterocycles. The molecular formula is C17H19NOS. The second-order valence-corrected chi connectivity index (χ2v) is 5.68. The molecule has 0 aliphatic rings. The van der Waals surface area contributed by atoms with Gasteiger partial charge >= 0.3 is 0 Å². The number of hydrogen-bond acceptors (Lipinski definition) is 2. The van der Waals surface area contributed by atoms with Crippen LogP contribution in [0.1, 0.15) is 13.8 Å². The summed E-state index contributed by atoms with van der Waals surface area (Å²) in [5.41, 5.74) is 3.10. The molecule has 0 fully saturated rings. The molecule has 2 nitrogen and oxygen atoms in total. The van der Waals surface area contributed by atoms with Gasteiger partial charge in [-0.15, -0.1) is 0 Å². The lowest BCUT2D eigenvalue weighted by atomic mass is 10.1. The standard InChI is InChI=1S/C17H19NOS/c1-12(2)16(20)17(19)18-15-10-8-14(9-11-15)13-6-4-3-5-7-13/h3-12,16,20H,1-2H3,(H,18,19). The van der Waals surface area contributed by atoms with E-state index in [1.807, 2.05) is 56.3 Å². The van der Waals surface area contributed by atoms with E-state index in [9.17, 15) is 4.79 Å². The highest BCUT2D eigenvalue weighted by atomic mass is 32.1. The minimum atomic E-state index is -0.288. The van der Waals surface area contributed by atoms with Gasteiger partial charge in [-0.1, -0.05) is 56.3 Å². The van der Waals surface area contributed by atoms with E-state index in [2.05, 4.69) is 30.1 Å². The maximum absolute atomic E-state index is 11.9. The third-order valence-electron chi connectivity index (χ3n) is 3.16. The van der Waals surface area contributed by atoms with E-state index in [4.69, 9.17) is 0 Å². The molecule has 0 saturated carbocycles. The number of benzene rings is 2. The first-order valence-corrected chi connectivity index (χ1v) is 7.24. The minimum absolute atomic E-state index is 0.0594. The molecule has 20 heavy (non-hydrogen) atoms. The molecule has 0 spiro atoms. The van der Waals surface area contributed by atoms with Crippen molar-refractivity contribution in [1.82, 2.24) is 0 Å². The first kappa shape index (κ1) is 14.7. The van der Waals surface area contributed by atoms with Crippen molar-refractivity contribution < 1.29 is 4.79 Å². The summed E-state index contributed by atoms with van der Waals surface area (Å²) in [6.07, 6.45) is 0. The molecule has 1 amide bonds. The second kappa shape index (κ2) is 6.62. The van der Waals surface area contributed by atoms with Gasteiger partial charge in [0.25, 0.3) is 0 Å². The summed E-state index contributed by atoms with van der Waals surface area (Å²) in [6.45, 7) is 3.96. The average Bonchev–Trinajstić information content (AvgIpc) is 2.48. The van der Waals surface area contributed by atoms with Gasteiger partial charge in [-0.05, 0) is 29.2 Å². The SMILES string of the molecule is CC(C)C(S)C(=O)Nc1ccc(-c2ccccc2)cc1. The lowest BCUT2D eigenvalue weighted by Gasteiger charge is -2.14. The lowest BCUT2D eigenvalue weighted by molar-refractivity contribution is -0.116. The van der Waals surface area contributed by atoms with Crippen LogP contribution in [-0.4, -0.2) is 11.2 Å². The molecule has 1 atom stereocenters. The third kappa shape index (κ3) is 3.64. The summed E-state index contributed by atoms with van der Waals surface area (Å²) in [6, 6.07) is 18.0. The number of rotatable bonds is 4. The molecule has 0 aliphatic carbocycles. The van der Waals surface area contributed by atoms with Crippen molar-refractivity contribution in [2.24, 2.45) is 5.92 Å². The van der Waals surface area contributed by atoms with E-state index in [1.54, 1.807) is 0 Å². The third-order valence-corrected chi connectivity index (χ3v) is 3.99. The average molecular weight is 285 g/mol. The van der Waals surface area contributed by atoms with Crippen LogP contribution in [0.2, 0.25) is 0 Å². The maximum Gasteiger partial charge on any atom is 0.237 e. The van der Waals surface area contributed by atoms with Gasteiger partial charge in [-0.2, -0.15) is 12.6 Å². The predicted molar refractivity (Wildman–Crippen MR) is 88.1 cm³/mol. The Morgan fingerprint density at radius 1 is 0.950 bits per heavy atom. The number of nitrogens with one attached hydrogen (secondary N) is 1. The van der Waals surface area contributed by atoms with Crippen LogP contribution in [0.25, 0.3) is 11.1 Å². The van der Waals surface area contributed by atoms with Gasteiger partial charge in [-0.3, -0.25) is 4.79 Å².